The zero-order valence-electron chi connectivity index (χ0n) is 14.0. The molecule has 2 rings (SSSR count). The van der Waals surface area contributed by atoms with Crippen LogP contribution in [0.4, 0.5) is 0 Å². The summed E-state index contributed by atoms with van der Waals surface area (Å²) < 4.78 is 30.3. The van der Waals surface area contributed by atoms with E-state index in [4.69, 9.17) is 4.74 Å². The molecule has 0 fully saturated rings. The van der Waals surface area contributed by atoms with Crippen LogP contribution in [0.2, 0.25) is 0 Å². The van der Waals surface area contributed by atoms with Gasteiger partial charge in [0.15, 0.2) is 14.9 Å². The van der Waals surface area contributed by atoms with E-state index in [1.165, 1.54) is 0 Å². The molecular formula is C17H21IN2O3S. The lowest BCUT2D eigenvalue weighted by Crippen LogP contribution is -2.13. The maximum atomic E-state index is 12.0. The van der Waals surface area contributed by atoms with E-state index in [0.717, 1.165) is 11.8 Å². The van der Waals surface area contributed by atoms with E-state index < -0.39 is 9.84 Å². The number of hydrogen-bond acceptors (Lipinski definition) is 5. The quantitative estimate of drug-likeness (QED) is 0.467. The zero-order valence-corrected chi connectivity index (χ0v) is 17.0. The van der Waals surface area contributed by atoms with E-state index in [0.29, 0.717) is 40.6 Å². The lowest BCUT2D eigenvalue weighted by Gasteiger charge is -2.14. The highest BCUT2D eigenvalue weighted by Gasteiger charge is 2.21. The molecule has 0 spiro atoms. The summed E-state index contributed by atoms with van der Waals surface area (Å²) in [6.45, 7) is 4.48. The minimum Gasteiger partial charge on any atom is -0.471 e. The third-order valence-corrected chi connectivity index (χ3v) is 5.02. The molecule has 0 bridgehead atoms. The van der Waals surface area contributed by atoms with Crippen molar-refractivity contribution in [3.8, 4) is 5.88 Å². The lowest BCUT2D eigenvalue weighted by molar-refractivity contribution is 0.285. The van der Waals surface area contributed by atoms with E-state index in [-0.39, 0.29) is 5.03 Å². The highest BCUT2D eigenvalue weighted by atomic mass is 127. The molecule has 0 saturated heterocycles. The number of alkyl halides is 1. The maximum Gasteiger partial charge on any atom is 0.236 e. The van der Waals surface area contributed by atoms with Gasteiger partial charge in [-0.3, -0.25) is 0 Å². The molecule has 0 aliphatic rings. The van der Waals surface area contributed by atoms with Crippen LogP contribution in [0.1, 0.15) is 30.8 Å². The fraction of sp³-hybridized carbons (Fsp3) is 0.412. The number of hydrogen-bond donors (Lipinski definition) is 0. The summed E-state index contributed by atoms with van der Waals surface area (Å²) in [5, 5.41) is 0.0552. The van der Waals surface area contributed by atoms with E-state index >= 15 is 0 Å². The maximum absolute atomic E-state index is 12.0. The van der Waals surface area contributed by atoms with E-state index in [9.17, 15) is 8.42 Å². The van der Waals surface area contributed by atoms with Crippen LogP contribution >= 0.6 is 22.6 Å². The van der Waals surface area contributed by atoms with Gasteiger partial charge in [0.2, 0.25) is 5.88 Å². The Kier molecular flexibility index (Phi) is 6.56. The van der Waals surface area contributed by atoms with E-state index in [1.807, 2.05) is 30.3 Å². The molecule has 0 atom stereocenters. The molecule has 0 aliphatic heterocycles. The Hall–Kier alpha value is -1.22. The fourth-order valence-electron chi connectivity index (χ4n) is 2.21. The van der Waals surface area contributed by atoms with Crippen molar-refractivity contribution in [1.82, 2.24) is 9.97 Å². The van der Waals surface area contributed by atoms with Gasteiger partial charge in [-0.2, -0.15) is 0 Å². The number of ether oxygens (including phenoxy) is 1. The predicted octanol–water partition coefficient (Wildman–Crippen LogP) is 3.59. The van der Waals surface area contributed by atoms with Crippen molar-refractivity contribution in [2.24, 2.45) is 5.92 Å². The van der Waals surface area contributed by atoms with Gasteiger partial charge in [-0.25, -0.2) is 18.4 Å². The molecule has 0 amide bonds. The number of halogens is 1. The molecule has 130 valence electrons. The van der Waals surface area contributed by atoms with Crippen molar-refractivity contribution < 1.29 is 13.2 Å². The predicted molar refractivity (Wildman–Crippen MR) is 102 cm³/mol. The normalized spacial score (nSPS) is 11.7. The number of aromatic nitrogens is 2. The van der Waals surface area contributed by atoms with Gasteiger partial charge in [-0.15, -0.1) is 0 Å². The van der Waals surface area contributed by atoms with Gasteiger partial charge in [-0.1, -0.05) is 66.8 Å². The van der Waals surface area contributed by atoms with Crippen molar-refractivity contribution in [3.63, 3.8) is 0 Å². The second-order valence-corrected chi connectivity index (χ2v) is 8.70. The van der Waals surface area contributed by atoms with E-state index in [1.54, 1.807) is 0 Å². The topological polar surface area (TPSA) is 69.2 Å². The highest BCUT2D eigenvalue weighted by Crippen LogP contribution is 2.24. The molecule has 0 N–H and O–H groups in total. The average molecular weight is 460 g/mol. The smallest absolute Gasteiger partial charge is 0.236 e. The Morgan fingerprint density at radius 3 is 2.33 bits per heavy atom. The van der Waals surface area contributed by atoms with Gasteiger partial charge in [0.05, 0.1) is 5.69 Å². The first kappa shape index (κ1) is 19.1. The van der Waals surface area contributed by atoms with Gasteiger partial charge < -0.3 is 4.74 Å². The molecule has 0 saturated carbocycles. The number of sulfone groups is 1. The Morgan fingerprint density at radius 2 is 1.79 bits per heavy atom. The summed E-state index contributed by atoms with van der Waals surface area (Å²) in [7, 11) is -3.42. The van der Waals surface area contributed by atoms with Crippen LogP contribution < -0.4 is 4.74 Å². The van der Waals surface area contributed by atoms with Crippen LogP contribution in [0.15, 0.2) is 35.4 Å². The highest BCUT2D eigenvalue weighted by molar-refractivity contribution is 14.1. The molecular weight excluding hydrogens is 439 g/mol. The van der Waals surface area contributed by atoms with Crippen LogP contribution in [0.25, 0.3) is 0 Å². The Balaban J connectivity index is 2.40. The van der Waals surface area contributed by atoms with Crippen LogP contribution in [0.5, 0.6) is 5.88 Å². The molecule has 1 aromatic heterocycles. The van der Waals surface area contributed by atoms with Crippen LogP contribution in [-0.4, -0.2) is 24.6 Å². The van der Waals surface area contributed by atoms with Gasteiger partial charge in [-0.05, 0) is 17.9 Å². The summed E-state index contributed by atoms with van der Waals surface area (Å²) in [6.07, 6.45) is 1.78. The minimum absolute atomic E-state index is 0.0552. The number of benzene rings is 1. The largest absolute Gasteiger partial charge is 0.471 e. The molecule has 24 heavy (non-hydrogen) atoms. The van der Waals surface area contributed by atoms with E-state index in [2.05, 4.69) is 46.4 Å². The lowest BCUT2D eigenvalue weighted by atomic mass is 10.1. The SMILES string of the molecule is CC(C)Cc1nc(S(C)(=O)=O)c(CI)nc1OCc1ccccc1. The second kappa shape index (κ2) is 8.24. The van der Waals surface area contributed by atoms with Crippen LogP contribution in [0.3, 0.4) is 0 Å². The first-order chi connectivity index (χ1) is 11.3. The van der Waals surface area contributed by atoms with Crippen molar-refractivity contribution in [3.05, 3.63) is 47.3 Å². The summed E-state index contributed by atoms with van der Waals surface area (Å²) >= 11 is 2.09. The Labute approximate surface area is 156 Å². The zero-order chi connectivity index (χ0) is 17.7. The Morgan fingerprint density at radius 1 is 1.12 bits per heavy atom. The van der Waals surface area contributed by atoms with Crippen molar-refractivity contribution in [2.45, 2.75) is 36.3 Å². The minimum atomic E-state index is -3.42. The molecule has 1 aromatic carbocycles. The molecule has 0 unspecified atom stereocenters. The Bertz CT molecular complexity index is 793. The van der Waals surface area contributed by atoms with Gasteiger partial charge in [0.1, 0.15) is 12.3 Å². The third kappa shape index (κ3) is 5.14. The summed E-state index contributed by atoms with van der Waals surface area (Å²) in [6, 6.07) is 9.78. The number of rotatable bonds is 7. The molecule has 5 nitrogen and oxygen atoms in total. The first-order valence-electron chi connectivity index (χ1n) is 7.63. The fourth-order valence-corrected chi connectivity index (χ4v) is 3.83. The standard InChI is InChI=1S/C17H21IN2O3S/c1-12(2)9-14-16(23-11-13-7-5-4-6-8-13)19-15(10-18)17(20-14)24(3,21)22/h4-8,12H,9-11H2,1-3H3. The monoisotopic (exact) mass is 460 g/mol. The number of nitrogens with zero attached hydrogens (tertiary/aromatic N) is 2. The van der Waals surface area contributed by atoms with Crippen LogP contribution in [-0.2, 0) is 27.3 Å². The summed E-state index contributed by atoms with van der Waals surface area (Å²) in [4.78, 5) is 8.84. The van der Waals surface area contributed by atoms with Gasteiger partial charge in [0.25, 0.3) is 0 Å². The molecule has 2 aromatic rings. The molecule has 0 aliphatic carbocycles. The molecule has 7 heteroatoms. The third-order valence-electron chi connectivity index (χ3n) is 3.26. The van der Waals surface area contributed by atoms with Crippen molar-refractivity contribution in [1.29, 1.82) is 0 Å². The van der Waals surface area contributed by atoms with Crippen LogP contribution in [0, 0.1) is 5.92 Å². The van der Waals surface area contributed by atoms with Gasteiger partial charge >= 0.3 is 0 Å². The summed E-state index contributed by atoms with van der Waals surface area (Å²) in [5.41, 5.74) is 2.06. The molecule has 0 radical (unpaired) electrons. The average Bonchev–Trinajstić information content (AvgIpc) is 2.52. The first-order valence-corrected chi connectivity index (χ1v) is 11.1. The molecule has 1 heterocycles. The van der Waals surface area contributed by atoms with Crippen molar-refractivity contribution >= 4 is 32.4 Å². The van der Waals surface area contributed by atoms with Gasteiger partial charge in [0, 0.05) is 10.7 Å². The second-order valence-electron chi connectivity index (χ2n) is 6.01. The summed E-state index contributed by atoms with van der Waals surface area (Å²) in [5.74, 6) is 0.739. The van der Waals surface area contributed by atoms with Crippen molar-refractivity contribution in [2.75, 3.05) is 6.26 Å².